The van der Waals surface area contributed by atoms with E-state index in [0.717, 1.165) is 0 Å². The smallest absolute Gasteiger partial charge is 0.155 e. The second-order valence-corrected chi connectivity index (χ2v) is 4.93. The second-order valence-electron chi connectivity index (χ2n) is 2.77. The fraction of sp³-hybridized carbons (Fsp3) is 1.00. The van der Waals surface area contributed by atoms with Gasteiger partial charge < -0.3 is 10.2 Å². The number of hydrogen-bond acceptors (Lipinski definition) is 4. The van der Waals surface area contributed by atoms with Crippen LogP contribution in [0.3, 0.4) is 0 Å². The van der Waals surface area contributed by atoms with E-state index in [2.05, 4.69) is 0 Å². The standard InChI is InChI=1S/C6H14O4S/c1-5(7)3-11(9,10)4-6(2)8/h5-8H,3-4H2,1-2H3. The first-order valence-corrected chi connectivity index (χ1v) is 5.22. The molecule has 0 amide bonds. The van der Waals surface area contributed by atoms with Crippen molar-refractivity contribution in [3.05, 3.63) is 0 Å². The lowest BCUT2D eigenvalue weighted by molar-refractivity contribution is 0.210. The van der Waals surface area contributed by atoms with Crippen molar-refractivity contribution in [3.8, 4) is 0 Å². The van der Waals surface area contributed by atoms with Crippen LogP contribution in [0.1, 0.15) is 13.8 Å². The third kappa shape index (κ3) is 6.28. The Balaban J connectivity index is 4.03. The molecule has 0 aromatic carbocycles. The van der Waals surface area contributed by atoms with Gasteiger partial charge >= 0.3 is 0 Å². The molecule has 0 bridgehead atoms. The molecule has 2 atom stereocenters. The molecule has 5 heteroatoms. The van der Waals surface area contributed by atoms with Crippen molar-refractivity contribution in [2.24, 2.45) is 0 Å². The number of sulfone groups is 1. The van der Waals surface area contributed by atoms with Crippen molar-refractivity contribution in [2.45, 2.75) is 26.1 Å². The molecular weight excluding hydrogens is 168 g/mol. The van der Waals surface area contributed by atoms with Gasteiger partial charge in [0.05, 0.1) is 23.7 Å². The Morgan fingerprint density at radius 2 is 1.36 bits per heavy atom. The normalized spacial score (nSPS) is 17.8. The van der Waals surface area contributed by atoms with Gasteiger partial charge in [-0.15, -0.1) is 0 Å². The second kappa shape index (κ2) is 4.04. The summed E-state index contributed by atoms with van der Waals surface area (Å²) in [5.74, 6) is -0.560. The largest absolute Gasteiger partial charge is 0.392 e. The first-order chi connectivity index (χ1) is 4.83. The van der Waals surface area contributed by atoms with Crippen LogP contribution in [0.15, 0.2) is 0 Å². The van der Waals surface area contributed by atoms with Gasteiger partial charge in [0.1, 0.15) is 0 Å². The molecule has 0 aliphatic heterocycles. The summed E-state index contributed by atoms with van der Waals surface area (Å²) in [4.78, 5) is 0. The maximum atomic E-state index is 10.9. The third-order valence-electron chi connectivity index (χ3n) is 0.990. The molecule has 0 aliphatic carbocycles. The predicted molar refractivity (Wildman–Crippen MR) is 42.0 cm³/mol. The van der Waals surface area contributed by atoms with Crippen LogP contribution in [0.25, 0.3) is 0 Å². The first kappa shape index (κ1) is 10.9. The lowest BCUT2D eigenvalue weighted by Gasteiger charge is -2.07. The van der Waals surface area contributed by atoms with E-state index >= 15 is 0 Å². The molecule has 11 heavy (non-hydrogen) atoms. The first-order valence-electron chi connectivity index (χ1n) is 3.40. The highest BCUT2D eigenvalue weighted by molar-refractivity contribution is 7.91. The maximum absolute atomic E-state index is 10.9. The van der Waals surface area contributed by atoms with Crippen LogP contribution < -0.4 is 0 Å². The van der Waals surface area contributed by atoms with E-state index in [1.807, 2.05) is 0 Å². The molecule has 0 aromatic heterocycles. The third-order valence-corrected chi connectivity index (χ3v) is 2.97. The van der Waals surface area contributed by atoms with Gasteiger partial charge in [-0.2, -0.15) is 0 Å². The Hall–Kier alpha value is -0.130. The zero-order chi connectivity index (χ0) is 9.07. The Kier molecular flexibility index (Phi) is 3.99. The molecule has 4 nitrogen and oxygen atoms in total. The SMILES string of the molecule is CC(O)CS(=O)(=O)CC(C)O. The average molecular weight is 182 g/mol. The van der Waals surface area contributed by atoms with E-state index in [1.54, 1.807) is 0 Å². The average Bonchev–Trinajstić information content (AvgIpc) is 1.53. The van der Waals surface area contributed by atoms with Crippen LogP contribution in [-0.2, 0) is 9.84 Å². The van der Waals surface area contributed by atoms with Gasteiger partial charge in [0.25, 0.3) is 0 Å². The minimum Gasteiger partial charge on any atom is -0.392 e. The Bertz CT molecular complexity index is 177. The van der Waals surface area contributed by atoms with Gasteiger partial charge in [0.2, 0.25) is 0 Å². The molecule has 68 valence electrons. The maximum Gasteiger partial charge on any atom is 0.155 e. The highest BCUT2D eigenvalue weighted by Crippen LogP contribution is 1.97. The van der Waals surface area contributed by atoms with Crippen molar-refractivity contribution in [1.82, 2.24) is 0 Å². The van der Waals surface area contributed by atoms with Gasteiger partial charge in [-0.05, 0) is 13.8 Å². The predicted octanol–water partition coefficient (Wildman–Crippen LogP) is -0.837. The molecule has 0 aliphatic rings. The van der Waals surface area contributed by atoms with Crippen molar-refractivity contribution >= 4 is 9.84 Å². The van der Waals surface area contributed by atoms with Crippen molar-refractivity contribution < 1.29 is 18.6 Å². The van der Waals surface area contributed by atoms with E-state index in [-0.39, 0.29) is 11.5 Å². The summed E-state index contributed by atoms with van der Waals surface area (Å²) in [6, 6.07) is 0. The summed E-state index contributed by atoms with van der Waals surface area (Å²) in [5, 5.41) is 17.5. The highest BCUT2D eigenvalue weighted by Gasteiger charge is 2.16. The molecule has 0 radical (unpaired) electrons. The van der Waals surface area contributed by atoms with Crippen molar-refractivity contribution in [1.29, 1.82) is 0 Å². The summed E-state index contributed by atoms with van der Waals surface area (Å²) in [5.41, 5.74) is 0. The van der Waals surface area contributed by atoms with Crippen LogP contribution >= 0.6 is 0 Å². The minimum atomic E-state index is -3.28. The zero-order valence-corrected chi connectivity index (χ0v) is 7.50. The molecule has 0 fully saturated rings. The summed E-state index contributed by atoms with van der Waals surface area (Å²) in [6.07, 6.45) is -1.72. The minimum absolute atomic E-state index is 0.280. The molecule has 0 spiro atoms. The summed E-state index contributed by atoms with van der Waals surface area (Å²) in [7, 11) is -3.28. The van der Waals surface area contributed by atoms with Crippen LogP contribution in [0.2, 0.25) is 0 Å². The van der Waals surface area contributed by atoms with Gasteiger partial charge in [0.15, 0.2) is 9.84 Å². The number of aliphatic hydroxyl groups excluding tert-OH is 2. The lowest BCUT2D eigenvalue weighted by atomic mass is 10.5. The molecule has 0 aromatic rings. The Morgan fingerprint density at radius 1 is 1.09 bits per heavy atom. The quantitative estimate of drug-likeness (QED) is 0.594. The summed E-state index contributed by atoms with van der Waals surface area (Å²) in [6.45, 7) is 2.80. The molecule has 0 rings (SSSR count). The summed E-state index contributed by atoms with van der Waals surface area (Å²) >= 11 is 0. The molecule has 0 heterocycles. The monoisotopic (exact) mass is 182 g/mol. The van der Waals surface area contributed by atoms with Gasteiger partial charge in [-0.25, -0.2) is 8.42 Å². The van der Waals surface area contributed by atoms with Crippen LogP contribution in [0, 0.1) is 0 Å². The van der Waals surface area contributed by atoms with E-state index < -0.39 is 22.0 Å². The molecule has 0 saturated carbocycles. The van der Waals surface area contributed by atoms with Gasteiger partial charge in [-0.3, -0.25) is 0 Å². The molecular formula is C6H14O4S. The van der Waals surface area contributed by atoms with Crippen LogP contribution in [0.4, 0.5) is 0 Å². The number of hydrogen-bond donors (Lipinski definition) is 2. The lowest BCUT2D eigenvalue weighted by Crippen LogP contribution is -2.25. The van der Waals surface area contributed by atoms with E-state index in [4.69, 9.17) is 10.2 Å². The topological polar surface area (TPSA) is 74.6 Å². The van der Waals surface area contributed by atoms with Crippen LogP contribution in [0.5, 0.6) is 0 Å². The Morgan fingerprint density at radius 3 is 1.55 bits per heavy atom. The fourth-order valence-corrected chi connectivity index (χ4v) is 2.41. The van der Waals surface area contributed by atoms with E-state index in [1.165, 1.54) is 13.8 Å². The van der Waals surface area contributed by atoms with Crippen molar-refractivity contribution in [3.63, 3.8) is 0 Å². The zero-order valence-electron chi connectivity index (χ0n) is 6.69. The highest BCUT2D eigenvalue weighted by atomic mass is 32.2. The molecule has 0 saturated heterocycles. The molecule has 2 N–H and O–H groups in total. The number of rotatable bonds is 4. The van der Waals surface area contributed by atoms with Crippen molar-refractivity contribution in [2.75, 3.05) is 11.5 Å². The number of aliphatic hydroxyl groups is 2. The summed E-state index contributed by atoms with van der Waals surface area (Å²) < 4.78 is 21.9. The molecule has 2 unspecified atom stereocenters. The fourth-order valence-electron chi connectivity index (χ4n) is 0.803. The van der Waals surface area contributed by atoms with Crippen LogP contribution in [-0.4, -0.2) is 42.3 Å². The van der Waals surface area contributed by atoms with Gasteiger partial charge in [-0.1, -0.05) is 0 Å². The Labute approximate surface area is 66.8 Å². The van der Waals surface area contributed by atoms with Gasteiger partial charge in [0, 0.05) is 0 Å². The van der Waals surface area contributed by atoms with E-state index in [0.29, 0.717) is 0 Å². The van der Waals surface area contributed by atoms with E-state index in [9.17, 15) is 8.42 Å².